The lowest BCUT2D eigenvalue weighted by Crippen LogP contribution is -2.31. The van der Waals surface area contributed by atoms with Crippen molar-refractivity contribution in [1.82, 2.24) is 0 Å². The molecule has 0 spiro atoms. The fraction of sp³-hybridized carbons (Fsp3) is 0.133. The molecule has 170 valence electrons. The summed E-state index contributed by atoms with van der Waals surface area (Å²) in [6, 6.07) is 32.9. The van der Waals surface area contributed by atoms with Crippen LogP contribution in [0.5, 0.6) is 0 Å². The molecule has 0 saturated heterocycles. The maximum Gasteiger partial charge on any atom is 0.258 e. The van der Waals surface area contributed by atoms with Crippen molar-refractivity contribution in [3.63, 3.8) is 0 Å². The predicted octanol–water partition coefficient (Wildman–Crippen LogP) is 6.33. The van der Waals surface area contributed by atoms with Gasteiger partial charge in [0.1, 0.15) is 0 Å². The number of benzene rings is 4. The quantitative estimate of drug-likeness (QED) is 0.359. The van der Waals surface area contributed by atoms with Gasteiger partial charge in [-0.15, -0.1) is 0 Å². The van der Waals surface area contributed by atoms with Crippen molar-refractivity contribution in [2.75, 3.05) is 10.2 Å². The number of amides is 2. The number of nitrogens with zero attached hydrogens (tertiary/aromatic N) is 1. The van der Waals surface area contributed by atoms with Crippen LogP contribution in [0.1, 0.15) is 32.6 Å². The molecule has 0 radical (unpaired) electrons. The van der Waals surface area contributed by atoms with Gasteiger partial charge in [-0.2, -0.15) is 0 Å². The maximum absolute atomic E-state index is 13.7. The van der Waals surface area contributed by atoms with Gasteiger partial charge in [-0.1, -0.05) is 78.4 Å². The van der Waals surface area contributed by atoms with E-state index >= 15 is 0 Å². The van der Waals surface area contributed by atoms with Crippen LogP contribution in [0.4, 0.5) is 11.4 Å². The molecule has 0 fully saturated rings. The second kappa shape index (κ2) is 10.6. The smallest absolute Gasteiger partial charge is 0.258 e. The van der Waals surface area contributed by atoms with E-state index in [-0.39, 0.29) is 18.2 Å². The highest BCUT2D eigenvalue weighted by Gasteiger charge is 2.20. The molecule has 0 heterocycles. The number of carbonyl (C=O) groups is 2. The Morgan fingerprint density at radius 2 is 1.44 bits per heavy atom. The second-order valence-corrected chi connectivity index (χ2v) is 8.45. The van der Waals surface area contributed by atoms with E-state index in [4.69, 9.17) is 0 Å². The lowest BCUT2D eigenvalue weighted by atomic mass is 10.0. The fourth-order valence-electron chi connectivity index (χ4n) is 3.86. The number of anilines is 2. The minimum atomic E-state index is -0.0985. The highest BCUT2D eigenvalue weighted by molar-refractivity contribution is 6.07. The Hall–Kier alpha value is -4.18. The molecule has 4 aromatic carbocycles. The molecule has 2 amide bonds. The Bertz CT molecular complexity index is 1280. The average Bonchev–Trinajstić information content (AvgIpc) is 2.84. The Morgan fingerprint density at radius 1 is 0.735 bits per heavy atom. The van der Waals surface area contributed by atoms with Crippen LogP contribution in [-0.4, -0.2) is 11.8 Å². The first-order chi connectivity index (χ1) is 16.5. The van der Waals surface area contributed by atoms with E-state index in [0.717, 1.165) is 28.1 Å². The van der Waals surface area contributed by atoms with Crippen molar-refractivity contribution < 1.29 is 9.59 Å². The number of carbonyl (C=O) groups excluding carboxylic acids is 2. The van der Waals surface area contributed by atoms with Gasteiger partial charge in [-0.05, 0) is 60.9 Å². The highest BCUT2D eigenvalue weighted by Crippen LogP contribution is 2.24. The third kappa shape index (κ3) is 5.78. The molecule has 0 atom stereocenters. The second-order valence-electron chi connectivity index (χ2n) is 8.45. The molecule has 0 aliphatic heterocycles. The van der Waals surface area contributed by atoms with E-state index in [2.05, 4.69) is 17.4 Å². The first-order valence-corrected chi connectivity index (χ1v) is 11.4. The van der Waals surface area contributed by atoms with E-state index < -0.39 is 0 Å². The Labute approximate surface area is 200 Å². The standard InChI is InChI=1S/C30H28N2O2/c1-22-15-17-24(18-16-22)21-32(30(34)28-14-7-6-9-23(28)2)27-13-8-10-25(19-27)20-29(33)31-26-11-4-3-5-12-26/h3-19H,20-21H2,1-2H3,(H,31,33). The van der Waals surface area contributed by atoms with Gasteiger partial charge >= 0.3 is 0 Å². The van der Waals surface area contributed by atoms with Crippen LogP contribution in [0.15, 0.2) is 103 Å². The summed E-state index contributed by atoms with van der Waals surface area (Å²) in [6.07, 6.45) is 0.222. The van der Waals surface area contributed by atoms with Crippen LogP contribution in [-0.2, 0) is 17.8 Å². The minimum Gasteiger partial charge on any atom is -0.326 e. The van der Waals surface area contributed by atoms with Crippen LogP contribution in [0, 0.1) is 13.8 Å². The molecule has 0 unspecified atom stereocenters. The van der Waals surface area contributed by atoms with E-state index in [1.807, 2.05) is 105 Å². The normalized spacial score (nSPS) is 10.5. The van der Waals surface area contributed by atoms with Gasteiger partial charge in [0, 0.05) is 16.9 Å². The summed E-state index contributed by atoms with van der Waals surface area (Å²) in [7, 11) is 0. The highest BCUT2D eigenvalue weighted by atomic mass is 16.2. The van der Waals surface area contributed by atoms with Crippen LogP contribution >= 0.6 is 0 Å². The fourth-order valence-corrected chi connectivity index (χ4v) is 3.86. The summed E-state index contributed by atoms with van der Waals surface area (Å²) in [4.78, 5) is 28.0. The SMILES string of the molecule is Cc1ccc(CN(C(=O)c2ccccc2C)c2cccc(CC(=O)Nc3ccccc3)c2)cc1. The molecule has 0 bridgehead atoms. The number of hydrogen-bond donors (Lipinski definition) is 1. The summed E-state index contributed by atoms with van der Waals surface area (Å²) in [5, 5.41) is 2.92. The molecule has 4 aromatic rings. The lowest BCUT2D eigenvalue weighted by molar-refractivity contribution is -0.115. The zero-order chi connectivity index (χ0) is 23.9. The molecule has 0 saturated carbocycles. The number of hydrogen-bond acceptors (Lipinski definition) is 2. The predicted molar refractivity (Wildman–Crippen MR) is 138 cm³/mol. The molecule has 4 rings (SSSR count). The van der Waals surface area contributed by atoms with Crippen LogP contribution in [0.25, 0.3) is 0 Å². The molecule has 1 N–H and O–H groups in total. The molecule has 34 heavy (non-hydrogen) atoms. The summed E-state index contributed by atoms with van der Waals surface area (Å²) in [5.74, 6) is -0.164. The van der Waals surface area contributed by atoms with Gasteiger partial charge in [0.15, 0.2) is 0 Å². The molecular weight excluding hydrogens is 420 g/mol. The zero-order valence-electron chi connectivity index (χ0n) is 19.5. The third-order valence-corrected chi connectivity index (χ3v) is 5.73. The summed E-state index contributed by atoms with van der Waals surface area (Å²) in [5.41, 5.74) is 6.18. The molecule has 0 aromatic heterocycles. The average molecular weight is 449 g/mol. The number of rotatable bonds is 7. The first-order valence-electron chi connectivity index (χ1n) is 11.4. The molecule has 4 nitrogen and oxygen atoms in total. The van der Waals surface area contributed by atoms with Gasteiger partial charge in [-0.25, -0.2) is 0 Å². The van der Waals surface area contributed by atoms with Gasteiger partial charge < -0.3 is 10.2 Å². The zero-order valence-corrected chi connectivity index (χ0v) is 19.5. The van der Waals surface area contributed by atoms with Gasteiger partial charge in [-0.3, -0.25) is 9.59 Å². The summed E-state index contributed by atoms with van der Waals surface area (Å²) < 4.78 is 0. The van der Waals surface area contributed by atoms with Gasteiger partial charge in [0.2, 0.25) is 5.91 Å². The summed E-state index contributed by atoms with van der Waals surface area (Å²) in [6.45, 7) is 4.43. The van der Waals surface area contributed by atoms with E-state index in [9.17, 15) is 9.59 Å². The van der Waals surface area contributed by atoms with Crippen molar-refractivity contribution >= 4 is 23.2 Å². The topological polar surface area (TPSA) is 49.4 Å². The number of aryl methyl sites for hydroxylation is 2. The monoisotopic (exact) mass is 448 g/mol. The minimum absolute atomic E-state index is 0.0652. The van der Waals surface area contributed by atoms with E-state index in [1.54, 1.807) is 4.90 Å². The van der Waals surface area contributed by atoms with Crippen molar-refractivity contribution in [3.05, 3.63) is 131 Å². The molecular formula is C30H28N2O2. The van der Waals surface area contributed by atoms with Gasteiger partial charge in [0.05, 0.1) is 13.0 Å². The lowest BCUT2D eigenvalue weighted by Gasteiger charge is -2.24. The molecule has 4 heteroatoms. The van der Waals surface area contributed by atoms with Crippen LogP contribution in [0.3, 0.4) is 0 Å². The third-order valence-electron chi connectivity index (χ3n) is 5.73. The Balaban J connectivity index is 1.61. The van der Waals surface area contributed by atoms with Crippen molar-refractivity contribution in [1.29, 1.82) is 0 Å². The maximum atomic E-state index is 13.7. The largest absolute Gasteiger partial charge is 0.326 e. The molecule has 0 aliphatic carbocycles. The summed E-state index contributed by atoms with van der Waals surface area (Å²) >= 11 is 0. The van der Waals surface area contributed by atoms with Crippen LogP contribution < -0.4 is 10.2 Å². The number of nitrogens with one attached hydrogen (secondary N) is 1. The van der Waals surface area contributed by atoms with E-state index in [0.29, 0.717) is 12.1 Å². The van der Waals surface area contributed by atoms with Crippen molar-refractivity contribution in [2.45, 2.75) is 26.8 Å². The van der Waals surface area contributed by atoms with Crippen LogP contribution in [0.2, 0.25) is 0 Å². The number of para-hydroxylation sites is 1. The first kappa shape index (κ1) is 23.0. The van der Waals surface area contributed by atoms with Crippen molar-refractivity contribution in [3.8, 4) is 0 Å². The molecule has 0 aliphatic rings. The van der Waals surface area contributed by atoms with Crippen molar-refractivity contribution in [2.24, 2.45) is 0 Å². The van der Waals surface area contributed by atoms with E-state index in [1.165, 1.54) is 5.56 Å². The Morgan fingerprint density at radius 3 is 2.18 bits per heavy atom. The Kier molecular flexibility index (Phi) is 7.19. The van der Waals surface area contributed by atoms with Gasteiger partial charge in [0.25, 0.3) is 5.91 Å².